The van der Waals surface area contributed by atoms with Crippen molar-refractivity contribution in [2.45, 2.75) is 65.7 Å². The van der Waals surface area contributed by atoms with Crippen molar-refractivity contribution in [3.8, 4) is 11.5 Å². The largest absolute Gasteiger partial charge is 0.311 e. The number of nitrogens with one attached hydrogen (secondary N) is 1. The molecular weight excluding hydrogens is 426 g/mol. The third kappa shape index (κ3) is 4.44. The van der Waals surface area contributed by atoms with Gasteiger partial charge in [-0.2, -0.15) is 14.9 Å². The van der Waals surface area contributed by atoms with Crippen LogP contribution in [0.1, 0.15) is 61.8 Å². The van der Waals surface area contributed by atoms with Gasteiger partial charge in [0.2, 0.25) is 5.91 Å². The number of hydrogen-bond acceptors (Lipinski definition) is 5. The molecule has 8 nitrogen and oxygen atoms in total. The Morgan fingerprint density at radius 1 is 1.06 bits per heavy atom. The number of aromatic nitrogens is 6. The van der Waals surface area contributed by atoms with Crippen molar-refractivity contribution in [1.29, 1.82) is 0 Å². The van der Waals surface area contributed by atoms with Crippen LogP contribution in [-0.4, -0.2) is 35.4 Å². The fourth-order valence-electron chi connectivity index (χ4n) is 4.99. The number of carbonyl (C=O) groups is 1. The predicted octanol–water partition coefficient (Wildman–Crippen LogP) is 5.23. The van der Waals surface area contributed by atoms with Crippen LogP contribution in [0.15, 0.2) is 36.8 Å². The van der Waals surface area contributed by atoms with E-state index >= 15 is 0 Å². The molecule has 0 radical (unpaired) electrons. The van der Waals surface area contributed by atoms with Gasteiger partial charge in [0.05, 0.1) is 23.0 Å². The molecular formula is C26H31N7O. The van der Waals surface area contributed by atoms with Crippen molar-refractivity contribution in [2.75, 3.05) is 5.32 Å². The van der Waals surface area contributed by atoms with Crippen LogP contribution in [0.3, 0.4) is 0 Å². The molecule has 176 valence electrons. The second-order valence-corrected chi connectivity index (χ2v) is 9.45. The average molecular weight is 458 g/mol. The lowest BCUT2D eigenvalue weighted by atomic mass is 9.86. The second kappa shape index (κ2) is 9.37. The Morgan fingerprint density at radius 3 is 2.68 bits per heavy atom. The first-order valence-electron chi connectivity index (χ1n) is 12.1. The summed E-state index contributed by atoms with van der Waals surface area (Å²) in [4.78, 5) is 21.8. The molecule has 34 heavy (non-hydrogen) atoms. The highest BCUT2D eigenvalue weighted by molar-refractivity contribution is 5.91. The summed E-state index contributed by atoms with van der Waals surface area (Å²) in [6.07, 6.45) is 11.1. The Balaban J connectivity index is 1.43. The van der Waals surface area contributed by atoms with E-state index in [-0.39, 0.29) is 5.91 Å². The monoisotopic (exact) mass is 457 g/mol. The van der Waals surface area contributed by atoms with Crippen LogP contribution < -0.4 is 5.32 Å². The second-order valence-electron chi connectivity index (χ2n) is 9.45. The van der Waals surface area contributed by atoms with E-state index in [0.717, 1.165) is 28.8 Å². The first-order chi connectivity index (χ1) is 16.5. The highest BCUT2D eigenvalue weighted by atomic mass is 16.1. The lowest BCUT2D eigenvalue weighted by Gasteiger charge is -2.21. The predicted molar refractivity (Wildman–Crippen MR) is 132 cm³/mol. The molecule has 1 aliphatic rings. The molecule has 3 aromatic heterocycles. The van der Waals surface area contributed by atoms with Gasteiger partial charge in [0.1, 0.15) is 12.1 Å². The standard InChI is InChI=1S/C26H31N7O/c1-17-9-11-22(18(2)13-17)32-25-21(15-29-32)26(28-16-27-25)33-23(14-19(3)31-33)30-24(34)12-10-20-7-5-4-6-8-20/h9,11,13-16,20H,4-8,10,12H2,1-3H3,(H,30,34). The summed E-state index contributed by atoms with van der Waals surface area (Å²) >= 11 is 0. The number of benzene rings is 1. The van der Waals surface area contributed by atoms with Gasteiger partial charge in [-0.1, -0.05) is 49.8 Å². The first kappa shape index (κ1) is 22.3. The number of aryl methyl sites for hydroxylation is 3. The molecule has 0 bridgehead atoms. The van der Waals surface area contributed by atoms with Crippen molar-refractivity contribution in [2.24, 2.45) is 5.92 Å². The smallest absolute Gasteiger partial charge is 0.225 e. The number of nitrogens with zero attached hydrogens (tertiary/aromatic N) is 6. The van der Waals surface area contributed by atoms with Gasteiger partial charge in [-0.3, -0.25) is 4.79 Å². The molecule has 1 aromatic carbocycles. The van der Waals surface area contributed by atoms with Crippen LogP contribution in [0.25, 0.3) is 22.5 Å². The summed E-state index contributed by atoms with van der Waals surface area (Å²) in [5.41, 5.74) is 4.78. The highest BCUT2D eigenvalue weighted by Crippen LogP contribution is 2.28. The third-order valence-corrected chi connectivity index (χ3v) is 6.73. The van der Waals surface area contributed by atoms with Gasteiger partial charge in [0.15, 0.2) is 11.5 Å². The molecule has 8 heteroatoms. The number of amides is 1. The van der Waals surface area contributed by atoms with Gasteiger partial charge in [-0.25, -0.2) is 14.6 Å². The Bertz CT molecular complexity index is 1330. The van der Waals surface area contributed by atoms with E-state index in [2.05, 4.69) is 57.5 Å². The fraction of sp³-hybridized carbons (Fsp3) is 0.423. The molecule has 0 spiro atoms. The molecule has 0 saturated heterocycles. The zero-order chi connectivity index (χ0) is 23.7. The van der Waals surface area contributed by atoms with Gasteiger partial charge < -0.3 is 5.32 Å². The number of anilines is 1. The minimum atomic E-state index is 0.0167. The minimum absolute atomic E-state index is 0.0167. The van der Waals surface area contributed by atoms with Crippen molar-refractivity contribution in [3.63, 3.8) is 0 Å². The molecule has 0 unspecified atom stereocenters. The fourth-order valence-corrected chi connectivity index (χ4v) is 4.99. The summed E-state index contributed by atoms with van der Waals surface area (Å²) in [5.74, 6) is 1.90. The molecule has 1 fully saturated rings. The SMILES string of the molecule is Cc1ccc(-n2ncc3c(-n4nc(C)cc4NC(=O)CCC4CCCCC4)ncnc32)c(C)c1. The lowest BCUT2D eigenvalue weighted by molar-refractivity contribution is -0.116. The Labute approximate surface area is 199 Å². The van der Waals surface area contributed by atoms with Crippen LogP contribution in [-0.2, 0) is 4.79 Å². The van der Waals surface area contributed by atoms with Crippen molar-refractivity contribution < 1.29 is 4.79 Å². The van der Waals surface area contributed by atoms with E-state index in [9.17, 15) is 4.79 Å². The Kier molecular flexibility index (Phi) is 6.13. The van der Waals surface area contributed by atoms with E-state index in [0.29, 0.717) is 29.6 Å². The lowest BCUT2D eigenvalue weighted by Crippen LogP contribution is -2.17. The van der Waals surface area contributed by atoms with Crippen LogP contribution in [0.4, 0.5) is 5.82 Å². The Morgan fingerprint density at radius 2 is 1.88 bits per heavy atom. The van der Waals surface area contributed by atoms with E-state index < -0.39 is 0 Å². The van der Waals surface area contributed by atoms with Crippen molar-refractivity contribution in [3.05, 3.63) is 53.6 Å². The van der Waals surface area contributed by atoms with Crippen LogP contribution in [0.2, 0.25) is 0 Å². The normalized spacial score (nSPS) is 14.6. The number of carbonyl (C=O) groups excluding carboxylic acids is 1. The first-order valence-corrected chi connectivity index (χ1v) is 12.1. The van der Waals surface area contributed by atoms with Crippen molar-refractivity contribution in [1.82, 2.24) is 29.5 Å². The van der Waals surface area contributed by atoms with Gasteiger partial charge in [-0.05, 0) is 44.7 Å². The average Bonchev–Trinajstić information content (AvgIpc) is 3.41. The van der Waals surface area contributed by atoms with Gasteiger partial charge in [0, 0.05) is 12.5 Å². The summed E-state index contributed by atoms with van der Waals surface area (Å²) in [7, 11) is 0. The molecule has 1 amide bonds. The summed E-state index contributed by atoms with van der Waals surface area (Å²) in [5, 5.41) is 13.1. The zero-order valence-electron chi connectivity index (χ0n) is 20.1. The molecule has 0 aliphatic heterocycles. The molecule has 1 aliphatic carbocycles. The van der Waals surface area contributed by atoms with E-state index in [1.165, 1.54) is 44.0 Å². The molecule has 4 aromatic rings. The Hall–Kier alpha value is -3.55. The van der Waals surface area contributed by atoms with Crippen LogP contribution >= 0.6 is 0 Å². The van der Waals surface area contributed by atoms with Crippen LogP contribution in [0, 0.1) is 26.7 Å². The van der Waals surface area contributed by atoms with E-state index in [1.54, 1.807) is 10.9 Å². The quantitative estimate of drug-likeness (QED) is 0.428. The maximum Gasteiger partial charge on any atom is 0.225 e. The summed E-state index contributed by atoms with van der Waals surface area (Å²) in [6, 6.07) is 8.12. The molecule has 0 atom stereocenters. The summed E-state index contributed by atoms with van der Waals surface area (Å²) < 4.78 is 3.51. The van der Waals surface area contributed by atoms with Gasteiger partial charge in [-0.15, -0.1) is 0 Å². The zero-order valence-corrected chi connectivity index (χ0v) is 20.1. The van der Waals surface area contributed by atoms with Gasteiger partial charge in [0.25, 0.3) is 0 Å². The highest BCUT2D eigenvalue weighted by Gasteiger charge is 2.19. The van der Waals surface area contributed by atoms with Crippen molar-refractivity contribution >= 4 is 22.8 Å². The molecule has 5 rings (SSSR count). The number of rotatable bonds is 6. The molecule has 3 heterocycles. The third-order valence-electron chi connectivity index (χ3n) is 6.73. The number of fused-ring (bicyclic) bond motifs is 1. The maximum atomic E-state index is 12.8. The summed E-state index contributed by atoms with van der Waals surface area (Å²) in [6.45, 7) is 6.05. The van der Waals surface area contributed by atoms with E-state index in [1.807, 2.05) is 17.7 Å². The topological polar surface area (TPSA) is 90.5 Å². The molecule has 1 saturated carbocycles. The van der Waals surface area contributed by atoms with E-state index in [4.69, 9.17) is 0 Å². The van der Waals surface area contributed by atoms with Crippen LogP contribution in [0.5, 0.6) is 0 Å². The van der Waals surface area contributed by atoms with Gasteiger partial charge >= 0.3 is 0 Å². The minimum Gasteiger partial charge on any atom is -0.311 e. The number of hydrogen-bond donors (Lipinski definition) is 1. The maximum absolute atomic E-state index is 12.8. The molecule has 1 N–H and O–H groups in total.